The fourth-order valence-electron chi connectivity index (χ4n) is 3.11. The lowest BCUT2D eigenvalue weighted by molar-refractivity contribution is -0.140. The van der Waals surface area contributed by atoms with Gasteiger partial charge in [-0.05, 0) is 12.5 Å². The minimum atomic E-state index is -1.09. The molecule has 130 valence electrons. The topological polar surface area (TPSA) is 111 Å². The van der Waals surface area contributed by atoms with Crippen LogP contribution in [0.4, 0.5) is 5.82 Å². The Hall–Kier alpha value is -2.96. The number of aliphatic carboxylic acids is 1. The average Bonchev–Trinajstić information content (AvgIpc) is 2.94. The highest BCUT2D eigenvalue weighted by molar-refractivity contribution is 6.06. The molecule has 7 nitrogen and oxygen atoms in total. The van der Waals surface area contributed by atoms with Crippen LogP contribution in [0.3, 0.4) is 0 Å². The number of pyridine rings is 1. The number of carboxylic acids is 1. The molecule has 0 aliphatic rings. The zero-order chi connectivity index (χ0) is 18.0. The number of carbonyl (C=O) groups excluding carboxylic acids is 1. The fraction of sp³-hybridized carbons (Fsp3) is 0.333. The molecule has 2 heterocycles. The summed E-state index contributed by atoms with van der Waals surface area (Å²) in [5, 5.41) is 9.65. The van der Waals surface area contributed by atoms with Gasteiger partial charge in [-0.15, -0.1) is 0 Å². The Bertz CT molecular complexity index is 962. The van der Waals surface area contributed by atoms with E-state index in [1.807, 2.05) is 31.2 Å². The smallest absolute Gasteiger partial charge is 0.310 e. The van der Waals surface area contributed by atoms with Crippen molar-refractivity contribution in [3.05, 3.63) is 30.1 Å². The molecule has 1 aromatic carbocycles. The first-order valence-corrected chi connectivity index (χ1v) is 8.28. The number of rotatable bonds is 7. The summed E-state index contributed by atoms with van der Waals surface area (Å²) in [6.45, 7) is 2.59. The predicted octanol–water partition coefficient (Wildman–Crippen LogP) is 2.55. The number of aryl methyl sites for hydroxylation is 2. The summed E-state index contributed by atoms with van der Waals surface area (Å²) in [5.41, 5.74) is 8.48. The first kappa shape index (κ1) is 16.9. The van der Waals surface area contributed by atoms with Gasteiger partial charge in [0, 0.05) is 24.8 Å². The number of imidazole rings is 1. The average molecular weight is 340 g/mol. The second-order valence-electron chi connectivity index (χ2n) is 5.96. The molecular formula is C18H20N4O3. The highest BCUT2D eigenvalue weighted by atomic mass is 16.4. The lowest BCUT2D eigenvalue weighted by Crippen LogP contribution is -2.09. The van der Waals surface area contributed by atoms with Gasteiger partial charge in [-0.2, -0.15) is 0 Å². The number of carboxylic acid groups (broad SMARTS) is 1. The van der Waals surface area contributed by atoms with Gasteiger partial charge in [0.2, 0.25) is 0 Å². The number of nitrogens with two attached hydrogens (primary N) is 1. The monoisotopic (exact) mass is 340 g/mol. The number of ketones is 1. The molecule has 0 radical (unpaired) electrons. The Labute approximate surface area is 144 Å². The third-order valence-corrected chi connectivity index (χ3v) is 4.19. The van der Waals surface area contributed by atoms with E-state index in [0.717, 1.165) is 28.7 Å². The third-order valence-electron chi connectivity index (χ3n) is 4.19. The van der Waals surface area contributed by atoms with Crippen LogP contribution in [0, 0.1) is 0 Å². The van der Waals surface area contributed by atoms with E-state index in [1.54, 1.807) is 0 Å². The van der Waals surface area contributed by atoms with Crippen molar-refractivity contribution in [3.8, 4) is 0 Å². The van der Waals surface area contributed by atoms with Crippen LogP contribution in [0.2, 0.25) is 0 Å². The summed E-state index contributed by atoms with van der Waals surface area (Å²) in [6, 6.07) is 7.74. The molecule has 2 aromatic heterocycles. The van der Waals surface area contributed by atoms with E-state index < -0.39 is 12.4 Å². The third kappa shape index (κ3) is 3.31. The van der Waals surface area contributed by atoms with Gasteiger partial charge in [0.15, 0.2) is 5.82 Å². The van der Waals surface area contributed by atoms with Gasteiger partial charge in [0.25, 0.3) is 0 Å². The minimum absolute atomic E-state index is 0.230. The SMILES string of the molecule is CCc1nc2c(N)nc3ccccc3c2n1CCCC(=O)CC(=O)O. The van der Waals surface area contributed by atoms with E-state index in [4.69, 9.17) is 10.8 Å². The van der Waals surface area contributed by atoms with Crippen molar-refractivity contribution < 1.29 is 14.7 Å². The maximum atomic E-state index is 11.6. The molecule has 7 heteroatoms. The van der Waals surface area contributed by atoms with Crippen molar-refractivity contribution in [1.82, 2.24) is 14.5 Å². The van der Waals surface area contributed by atoms with Crippen molar-refractivity contribution in [2.45, 2.75) is 39.2 Å². The molecule has 3 rings (SSSR count). The van der Waals surface area contributed by atoms with E-state index in [9.17, 15) is 9.59 Å². The van der Waals surface area contributed by atoms with Crippen molar-refractivity contribution in [2.24, 2.45) is 0 Å². The summed E-state index contributed by atoms with van der Waals surface area (Å²) in [4.78, 5) is 31.3. The van der Waals surface area contributed by atoms with Gasteiger partial charge < -0.3 is 15.4 Å². The fourth-order valence-corrected chi connectivity index (χ4v) is 3.11. The lowest BCUT2D eigenvalue weighted by atomic mass is 10.1. The van der Waals surface area contributed by atoms with Crippen molar-refractivity contribution >= 4 is 39.5 Å². The van der Waals surface area contributed by atoms with E-state index in [-0.39, 0.29) is 12.2 Å². The largest absolute Gasteiger partial charge is 0.481 e. The van der Waals surface area contributed by atoms with Crippen LogP contribution in [0.15, 0.2) is 24.3 Å². The van der Waals surface area contributed by atoms with Crippen LogP contribution < -0.4 is 5.73 Å². The molecule has 0 bridgehead atoms. The highest BCUT2D eigenvalue weighted by Gasteiger charge is 2.16. The lowest BCUT2D eigenvalue weighted by Gasteiger charge is -2.10. The van der Waals surface area contributed by atoms with Crippen molar-refractivity contribution in [2.75, 3.05) is 5.73 Å². The molecule has 0 aliphatic carbocycles. The van der Waals surface area contributed by atoms with E-state index in [2.05, 4.69) is 14.5 Å². The number of hydrogen-bond donors (Lipinski definition) is 2. The summed E-state index contributed by atoms with van der Waals surface area (Å²) in [6.07, 6.45) is 1.09. The second-order valence-corrected chi connectivity index (χ2v) is 5.96. The number of nitrogens with zero attached hydrogens (tertiary/aromatic N) is 3. The number of Topliss-reactive ketones (excluding diaryl/α,β-unsaturated/α-hetero) is 1. The molecule has 0 unspecified atom stereocenters. The molecule has 25 heavy (non-hydrogen) atoms. The Morgan fingerprint density at radius 2 is 2.00 bits per heavy atom. The molecule has 0 amide bonds. The van der Waals surface area contributed by atoms with Gasteiger partial charge in [-0.3, -0.25) is 9.59 Å². The molecule has 3 aromatic rings. The number of anilines is 1. The maximum absolute atomic E-state index is 11.6. The molecule has 0 fully saturated rings. The number of benzene rings is 1. The molecular weight excluding hydrogens is 320 g/mol. The summed E-state index contributed by atoms with van der Waals surface area (Å²) >= 11 is 0. The van der Waals surface area contributed by atoms with Crippen LogP contribution in [-0.2, 0) is 22.6 Å². The molecule has 0 atom stereocenters. The number of hydrogen-bond acceptors (Lipinski definition) is 5. The Morgan fingerprint density at radius 3 is 2.72 bits per heavy atom. The van der Waals surface area contributed by atoms with Gasteiger partial charge >= 0.3 is 5.97 Å². The summed E-state index contributed by atoms with van der Waals surface area (Å²) in [7, 11) is 0. The number of aromatic nitrogens is 3. The predicted molar refractivity (Wildman–Crippen MR) is 95.3 cm³/mol. The zero-order valence-electron chi connectivity index (χ0n) is 14.0. The van der Waals surface area contributed by atoms with Gasteiger partial charge in [-0.1, -0.05) is 25.1 Å². The Morgan fingerprint density at radius 1 is 1.24 bits per heavy atom. The molecule has 0 spiro atoms. The Balaban J connectivity index is 1.98. The van der Waals surface area contributed by atoms with E-state index in [0.29, 0.717) is 24.3 Å². The van der Waals surface area contributed by atoms with E-state index in [1.165, 1.54) is 0 Å². The van der Waals surface area contributed by atoms with Crippen LogP contribution in [0.25, 0.3) is 21.9 Å². The highest BCUT2D eigenvalue weighted by Crippen LogP contribution is 2.29. The van der Waals surface area contributed by atoms with Crippen molar-refractivity contribution in [1.29, 1.82) is 0 Å². The normalized spacial score (nSPS) is 11.2. The van der Waals surface area contributed by atoms with Crippen molar-refractivity contribution in [3.63, 3.8) is 0 Å². The first-order valence-electron chi connectivity index (χ1n) is 8.28. The van der Waals surface area contributed by atoms with Gasteiger partial charge in [0.1, 0.15) is 23.5 Å². The first-order chi connectivity index (χ1) is 12.0. The van der Waals surface area contributed by atoms with Crippen LogP contribution in [-0.4, -0.2) is 31.4 Å². The van der Waals surface area contributed by atoms with Crippen LogP contribution in [0.1, 0.15) is 32.0 Å². The molecule has 0 saturated heterocycles. The van der Waals surface area contributed by atoms with Crippen LogP contribution in [0.5, 0.6) is 0 Å². The standard InChI is InChI=1S/C18H20N4O3/c1-2-14-21-16-17(12-7-3-4-8-13(12)20-18(16)19)22(14)9-5-6-11(23)10-15(24)25/h3-4,7-8H,2,5-6,9-10H2,1H3,(H2,19,20)(H,24,25). The number of fused-ring (bicyclic) bond motifs is 3. The number of nitrogen functional groups attached to an aromatic ring is 1. The van der Waals surface area contributed by atoms with Gasteiger partial charge in [-0.25, -0.2) is 9.97 Å². The molecule has 0 aliphatic heterocycles. The number of para-hydroxylation sites is 1. The molecule has 0 saturated carbocycles. The van der Waals surface area contributed by atoms with Gasteiger partial charge in [0.05, 0.1) is 11.0 Å². The zero-order valence-corrected chi connectivity index (χ0v) is 14.0. The summed E-state index contributed by atoms with van der Waals surface area (Å²) < 4.78 is 2.07. The second kappa shape index (κ2) is 6.88. The van der Waals surface area contributed by atoms with Crippen LogP contribution >= 0.6 is 0 Å². The number of carbonyl (C=O) groups is 2. The molecule has 3 N–H and O–H groups in total. The quantitative estimate of drug-likeness (QED) is 0.639. The van der Waals surface area contributed by atoms with E-state index >= 15 is 0 Å². The summed E-state index contributed by atoms with van der Waals surface area (Å²) in [5.74, 6) is -0.0761. The Kier molecular flexibility index (Phi) is 4.65. The maximum Gasteiger partial charge on any atom is 0.310 e. The minimum Gasteiger partial charge on any atom is -0.481 e.